The van der Waals surface area contributed by atoms with Crippen LogP contribution in [0.1, 0.15) is 17.8 Å². The van der Waals surface area contributed by atoms with Crippen LogP contribution < -0.4 is 0 Å². The summed E-state index contributed by atoms with van der Waals surface area (Å²) in [6.45, 7) is 3.15. The fraction of sp³-hybridized carbons (Fsp3) is 0.462. The first-order valence-corrected chi connectivity index (χ1v) is 7.45. The summed E-state index contributed by atoms with van der Waals surface area (Å²) in [6.07, 6.45) is 4.15. The van der Waals surface area contributed by atoms with Crippen molar-refractivity contribution in [2.24, 2.45) is 7.05 Å². The third-order valence-corrected chi connectivity index (χ3v) is 4.25. The maximum absolute atomic E-state index is 12.1. The first-order valence-electron chi connectivity index (χ1n) is 6.37. The van der Waals surface area contributed by atoms with Crippen molar-refractivity contribution in [3.05, 3.63) is 33.4 Å². The number of hydrogen-bond donors (Lipinski definition) is 0. The van der Waals surface area contributed by atoms with Gasteiger partial charge in [0.2, 0.25) is 5.91 Å². The van der Waals surface area contributed by atoms with Gasteiger partial charge in [-0.05, 0) is 35.6 Å². The van der Waals surface area contributed by atoms with Crippen LogP contribution in [-0.2, 0) is 24.9 Å². The molecule has 7 heteroatoms. The van der Waals surface area contributed by atoms with E-state index in [4.69, 9.17) is 0 Å². The number of hydrogen-bond acceptors (Lipinski definition) is 3. The van der Waals surface area contributed by atoms with Crippen LogP contribution >= 0.6 is 22.6 Å². The van der Waals surface area contributed by atoms with E-state index in [2.05, 4.69) is 32.8 Å². The molecule has 0 spiro atoms. The Labute approximate surface area is 131 Å². The van der Waals surface area contributed by atoms with Crippen molar-refractivity contribution in [3.8, 4) is 0 Å². The highest BCUT2D eigenvalue weighted by Gasteiger charge is 2.12. The Bertz CT molecular complexity index is 584. The van der Waals surface area contributed by atoms with Crippen molar-refractivity contribution >= 4 is 28.5 Å². The second kappa shape index (κ2) is 6.38. The molecule has 0 aliphatic carbocycles. The van der Waals surface area contributed by atoms with Crippen LogP contribution in [0.2, 0.25) is 0 Å². The molecule has 0 radical (unpaired) electrons. The van der Waals surface area contributed by atoms with Crippen molar-refractivity contribution in [2.75, 3.05) is 7.05 Å². The van der Waals surface area contributed by atoms with E-state index in [-0.39, 0.29) is 5.91 Å². The minimum absolute atomic E-state index is 0.106. The fourth-order valence-corrected chi connectivity index (χ4v) is 2.33. The van der Waals surface area contributed by atoms with Gasteiger partial charge in [-0.15, -0.1) is 0 Å². The summed E-state index contributed by atoms with van der Waals surface area (Å²) in [5.41, 5.74) is 2.02. The predicted octanol–water partition coefficient (Wildman–Crippen LogP) is 1.58. The van der Waals surface area contributed by atoms with Crippen LogP contribution in [0.4, 0.5) is 0 Å². The van der Waals surface area contributed by atoms with E-state index >= 15 is 0 Å². The molecule has 0 aliphatic heterocycles. The van der Waals surface area contributed by atoms with Gasteiger partial charge in [0.15, 0.2) is 0 Å². The number of amides is 1. The smallest absolute Gasteiger partial charge is 0.224 e. The fourth-order valence-electron chi connectivity index (χ4n) is 1.90. The highest BCUT2D eigenvalue weighted by atomic mass is 127. The molecule has 6 nitrogen and oxygen atoms in total. The Balaban J connectivity index is 1.86. The predicted molar refractivity (Wildman–Crippen MR) is 84.0 cm³/mol. The van der Waals surface area contributed by atoms with E-state index in [1.54, 1.807) is 15.8 Å². The maximum Gasteiger partial charge on any atom is 0.224 e. The van der Waals surface area contributed by atoms with Crippen molar-refractivity contribution in [1.82, 2.24) is 24.5 Å². The number of halogens is 1. The van der Waals surface area contributed by atoms with Crippen LogP contribution in [-0.4, -0.2) is 37.4 Å². The van der Waals surface area contributed by atoms with E-state index in [0.29, 0.717) is 19.5 Å². The highest BCUT2D eigenvalue weighted by molar-refractivity contribution is 14.1. The molecular formula is C13H18IN5O. The van der Waals surface area contributed by atoms with Gasteiger partial charge in [-0.1, -0.05) is 0 Å². The molecule has 2 rings (SSSR count). The third kappa shape index (κ3) is 3.59. The van der Waals surface area contributed by atoms with Gasteiger partial charge in [0.05, 0.1) is 21.5 Å². The molecule has 0 aromatic carbocycles. The summed E-state index contributed by atoms with van der Waals surface area (Å²) in [5, 5.41) is 8.45. The quantitative estimate of drug-likeness (QED) is 0.733. The van der Waals surface area contributed by atoms with E-state index in [1.165, 1.54) is 0 Å². The van der Waals surface area contributed by atoms with Gasteiger partial charge in [0.1, 0.15) is 0 Å². The minimum atomic E-state index is 0.106. The molecule has 108 valence electrons. The molecule has 2 aromatic rings. The van der Waals surface area contributed by atoms with Crippen LogP contribution in [0.25, 0.3) is 0 Å². The molecular weight excluding hydrogens is 369 g/mol. The third-order valence-electron chi connectivity index (χ3n) is 3.19. The van der Waals surface area contributed by atoms with E-state index in [1.807, 2.05) is 38.0 Å². The van der Waals surface area contributed by atoms with Crippen LogP contribution in [0, 0.1) is 10.5 Å². The zero-order valence-electron chi connectivity index (χ0n) is 11.9. The van der Waals surface area contributed by atoms with Crippen molar-refractivity contribution in [3.63, 3.8) is 0 Å². The summed E-state index contributed by atoms with van der Waals surface area (Å²) in [4.78, 5) is 13.8. The zero-order chi connectivity index (χ0) is 14.7. The summed E-state index contributed by atoms with van der Waals surface area (Å²) >= 11 is 2.25. The minimum Gasteiger partial charge on any atom is -0.340 e. The number of aromatic nitrogens is 4. The van der Waals surface area contributed by atoms with Crippen LogP contribution in [0.3, 0.4) is 0 Å². The van der Waals surface area contributed by atoms with Crippen LogP contribution in [0.5, 0.6) is 0 Å². The Morgan fingerprint density at radius 2 is 2.25 bits per heavy atom. The first kappa shape index (κ1) is 15.0. The summed E-state index contributed by atoms with van der Waals surface area (Å²) in [5.74, 6) is 0.106. The maximum atomic E-state index is 12.1. The summed E-state index contributed by atoms with van der Waals surface area (Å²) < 4.78 is 4.73. The Morgan fingerprint density at radius 3 is 2.80 bits per heavy atom. The lowest BCUT2D eigenvalue weighted by Gasteiger charge is -2.17. The molecule has 0 N–H and O–H groups in total. The second-order valence-corrected chi connectivity index (χ2v) is 5.93. The molecule has 20 heavy (non-hydrogen) atoms. The zero-order valence-corrected chi connectivity index (χ0v) is 14.0. The number of aryl methyl sites for hydroxylation is 3. The van der Waals surface area contributed by atoms with Gasteiger partial charge in [-0.2, -0.15) is 10.2 Å². The number of rotatable bonds is 5. The SMILES string of the molecule is Cc1nn(CCC(=O)N(C)Cc2ccnn2C)cc1I. The van der Waals surface area contributed by atoms with Crippen molar-refractivity contribution in [2.45, 2.75) is 26.4 Å². The molecule has 1 amide bonds. The molecule has 0 fully saturated rings. The van der Waals surface area contributed by atoms with Crippen molar-refractivity contribution in [1.29, 1.82) is 0 Å². The Morgan fingerprint density at radius 1 is 1.50 bits per heavy atom. The Kier molecular flexibility index (Phi) is 4.79. The molecule has 0 saturated carbocycles. The number of nitrogens with zero attached hydrogens (tertiary/aromatic N) is 5. The largest absolute Gasteiger partial charge is 0.340 e. The molecule has 2 aromatic heterocycles. The number of carbonyl (C=O) groups excluding carboxylic acids is 1. The normalized spacial score (nSPS) is 10.8. The molecule has 0 aliphatic rings. The molecule has 0 unspecified atom stereocenters. The lowest BCUT2D eigenvalue weighted by atomic mass is 10.3. The molecule has 0 atom stereocenters. The number of carbonyl (C=O) groups is 1. The van der Waals surface area contributed by atoms with Gasteiger partial charge >= 0.3 is 0 Å². The monoisotopic (exact) mass is 387 g/mol. The van der Waals surface area contributed by atoms with Crippen LogP contribution in [0.15, 0.2) is 18.5 Å². The van der Waals surface area contributed by atoms with Gasteiger partial charge in [0, 0.05) is 39.5 Å². The average molecular weight is 387 g/mol. The van der Waals surface area contributed by atoms with Gasteiger partial charge in [0.25, 0.3) is 0 Å². The lowest BCUT2D eigenvalue weighted by molar-refractivity contribution is -0.130. The van der Waals surface area contributed by atoms with E-state index in [0.717, 1.165) is 15.0 Å². The average Bonchev–Trinajstić information content (AvgIpc) is 2.94. The lowest BCUT2D eigenvalue weighted by Crippen LogP contribution is -2.28. The first-order chi connectivity index (χ1) is 9.47. The van der Waals surface area contributed by atoms with Gasteiger partial charge in [-0.25, -0.2) is 0 Å². The summed E-state index contributed by atoms with van der Waals surface area (Å²) in [6, 6.07) is 1.92. The topological polar surface area (TPSA) is 56.0 Å². The summed E-state index contributed by atoms with van der Waals surface area (Å²) in [7, 11) is 3.69. The molecule has 0 saturated heterocycles. The second-order valence-electron chi connectivity index (χ2n) is 4.77. The molecule has 0 bridgehead atoms. The van der Waals surface area contributed by atoms with Crippen molar-refractivity contribution < 1.29 is 4.79 Å². The highest BCUT2D eigenvalue weighted by Crippen LogP contribution is 2.09. The van der Waals surface area contributed by atoms with E-state index in [9.17, 15) is 4.79 Å². The van der Waals surface area contributed by atoms with E-state index < -0.39 is 0 Å². The standard InChI is InChI=1S/C13H18IN5O/c1-10-12(14)9-19(16-10)7-5-13(20)17(2)8-11-4-6-15-18(11)3/h4,6,9H,5,7-8H2,1-3H3. The van der Waals surface area contributed by atoms with Gasteiger partial charge < -0.3 is 4.90 Å². The van der Waals surface area contributed by atoms with Gasteiger partial charge in [-0.3, -0.25) is 14.2 Å². The molecule has 2 heterocycles. The Hall–Kier alpha value is -1.38.